The number of sulfonamides is 1. The van der Waals surface area contributed by atoms with Crippen molar-refractivity contribution in [2.24, 2.45) is 11.7 Å². The average Bonchev–Trinajstić information content (AvgIpc) is 2.61. The van der Waals surface area contributed by atoms with Crippen LogP contribution in [0.25, 0.3) is 0 Å². The summed E-state index contributed by atoms with van der Waals surface area (Å²) in [6.07, 6.45) is 3.15. The van der Waals surface area contributed by atoms with Gasteiger partial charge in [0, 0.05) is 19.6 Å². The summed E-state index contributed by atoms with van der Waals surface area (Å²) in [5, 5.41) is 2.83. The minimum absolute atomic E-state index is 0. The fourth-order valence-electron chi connectivity index (χ4n) is 2.65. The van der Waals surface area contributed by atoms with Gasteiger partial charge in [0.25, 0.3) is 0 Å². The molecule has 1 amide bonds. The first kappa shape index (κ1) is 21.9. The van der Waals surface area contributed by atoms with Crippen molar-refractivity contribution in [3.05, 3.63) is 29.8 Å². The molecular formula is C17H28ClN3O3S. The molecule has 8 heteroatoms. The summed E-state index contributed by atoms with van der Waals surface area (Å²) in [5.41, 5.74) is 6.31. The zero-order valence-corrected chi connectivity index (χ0v) is 16.2. The Kier molecular flexibility index (Phi) is 8.85. The molecule has 1 fully saturated rings. The van der Waals surface area contributed by atoms with Crippen molar-refractivity contribution in [1.29, 1.82) is 0 Å². The second kappa shape index (κ2) is 10.1. The lowest BCUT2D eigenvalue weighted by Crippen LogP contribution is -2.35. The molecule has 0 aromatic heterocycles. The third kappa shape index (κ3) is 6.26. The van der Waals surface area contributed by atoms with Crippen LogP contribution >= 0.6 is 12.4 Å². The van der Waals surface area contributed by atoms with E-state index in [4.69, 9.17) is 5.73 Å². The van der Waals surface area contributed by atoms with E-state index in [1.807, 2.05) is 6.92 Å². The van der Waals surface area contributed by atoms with Crippen LogP contribution in [-0.4, -0.2) is 44.8 Å². The number of nitrogens with two attached hydrogens (primary N) is 1. The maximum Gasteiger partial charge on any atom is 0.243 e. The predicted octanol–water partition coefficient (Wildman–Crippen LogP) is 1.54. The van der Waals surface area contributed by atoms with E-state index in [-0.39, 0.29) is 30.7 Å². The largest absolute Gasteiger partial charge is 0.356 e. The molecule has 6 nitrogen and oxygen atoms in total. The zero-order chi connectivity index (χ0) is 17.6. The second-order valence-corrected chi connectivity index (χ2v) is 8.37. The van der Waals surface area contributed by atoms with E-state index in [1.54, 1.807) is 28.6 Å². The minimum atomic E-state index is -3.41. The first-order chi connectivity index (χ1) is 11.4. The summed E-state index contributed by atoms with van der Waals surface area (Å²) < 4.78 is 26.7. The molecule has 0 saturated carbocycles. The van der Waals surface area contributed by atoms with Gasteiger partial charge in [-0.1, -0.05) is 25.5 Å². The molecule has 1 aliphatic heterocycles. The van der Waals surface area contributed by atoms with Crippen LogP contribution in [-0.2, 0) is 21.2 Å². The SMILES string of the molecule is CC(CN)CNC(=O)Cc1ccc(S(=O)(=O)N2CCCCC2)cc1.Cl. The standard InChI is InChI=1S/C17H27N3O3S.ClH/c1-14(12-18)13-19-17(21)11-15-5-7-16(8-6-15)24(22,23)20-9-3-2-4-10-20;/h5-8,14H,2-4,9-13,18H2,1H3,(H,19,21);1H. The summed E-state index contributed by atoms with van der Waals surface area (Å²) in [6.45, 7) is 4.23. The van der Waals surface area contributed by atoms with Crippen LogP contribution in [0.4, 0.5) is 0 Å². The van der Waals surface area contributed by atoms with E-state index < -0.39 is 10.0 Å². The number of nitrogens with one attached hydrogen (secondary N) is 1. The van der Waals surface area contributed by atoms with Crippen molar-refractivity contribution in [3.8, 4) is 0 Å². The molecular weight excluding hydrogens is 362 g/mol. The van der Waals surface area contributed by atoms with E-state index >= 15 is 0 Å². The van der Waals surface area contributed by atoms with E-state index in [9.17, 15) is 13.2 Å². The summed E-state index contributed by atoms with van der Waals surface area (Å²) in [7, 11) is -3.41. The van der Waals surface area contributed by atoms with Crippen molar-refractivity contribution in [1.82, 2.24) is 9.62 Å². The maximum absolute atomic E-state index is 12.6. The van der Waals surface area contributed by atoms with Crippen LogP contribution in [0.15, 0.2) is 29.2 Å². The van der Waals surface area contributed by atoms with E-state index in [0.29, 0.717) is 31.1 Å². The Morgan fingerprint density at radius 3 is 2.36 bits per heavy atom. The van der Waals surface area contributed by atoms with Crippen molar-refractivity contribution in [2.75, 3.05) is 26.2 Å². The van der Waals surface area contributed by atoms with Crippen LogP contribution in [0.3, 0.4) is 0 Å². The fourth-order valence-corrected chi connectivity index (χ4v) is 4.17. The topological polar surface area (TPSA) is 92.5 Å². The average molecular weight is 390 g/mol. The van der Waals surface area contributed by atoms with Crippen LogP contribution in [0, 0.1) is 5.92 Å². The smallest absolute Gasteiger partial charge is 0.243 e. The predicted molar refractivity (Wildman–Crippen MR) is 101 cm³/mol. The summed E-state index contributed by atoms with van der Waals surface area (Å²) in [4.78, 5) is 12.2. The third-order valence-electron chi connectivity index (χ3n) is 4.29. The van der Waals surface area contributed by atoms with Crippen LogP contribution < -0.4 is 11.1 Å². The van der Waals surface area contributed by atoms with E-state index in [1.165, 1.54) is 0 Å². The fraction of sp³-hybridized carbons (Fsp3) is 0.588. The van der Waals surface area contributed by atoms with Gasteiger partial charge in [-0.05, 0) is 43.0 Å². The lowest BCUT2D eigenvalue weighted by Gasteiger charge is -2.25. The van der Waals surface area contributed by atoms with Crippen molar-refractivity contribution >= 4 is 28.3 Å². The van der Waals surface area contributed by atoms with Crippen molar-refractivity contribution < 1.29 is 13.2 Å². The summed E-state index contributed by atoms with van der Waals surface area (Å²) in [6, 6.07) is 6.61. The molecule has 1 aliphatic rings. The van der Waals surface area contributed by atoms with Gasteiger partial charge in [-0.15, -0.1) is 12.4 Å². The number of halogens is 1. The molecule has 1 unspecified atom stereocenters. The molecule has 3 N–H and O–H groups in total. The van der Waals surface area contributed by atoms with Crippen LogP contribution in [0.1, 0.15) is 31.7 Å². The number of hydrogen-bond donors (Lipinski definition) is 2. The molecule has 0 spiro atoms. The molecule has 1 heterocycles. The van der Waals surface area contributed by atoms with Crippen LogP contribution in [0.2, 0.25) is 0 Å². The van der Waals surface area contributed by atoms with Gasteiger partial charge in [0.2, 0.25) is 15.9 Å². The number of piperidine rings is 1. The number of rotatable bonds is 7. The molecule has 1 aromatic rings. The number of carbonyl (C=O) groups excluding carboxylic acids is 1. The van der Waals surface area contributed by atoms with E-state index in [2.05, 4.69) is 5.32 Å². The Bertz CT molecular complexity index is 644. The Balaban J connectivity index is 0.00000312. The van der Waals surface area contributed by atoms with E-state index in [0.717, 1.165) is 24.8 Å². The molecule has 1 saturated heterocycles. The van der Waals surface area contributed by atoms with Gasteiger partial charge in [-0.2, -0.15) is 4.31 Å². The number of benzene rings is 1. The molecule has 0 bridgehead atoms. The van der Waals surface area contributed by atoms with Gasteiger partial charge in [-0.25, -0.2) is 8.42 Å². The molecule has 142 valence electrons. The highest BCUT2D eigenvalue weighted by Gasteiger charge is 2.25. The van der Waals surface area contributed by atoms with Crippen molar-refractivity contribution in [2.45, 2.75) is 37.5 Å². The lowest BCUT2D eigenvalue weighted by atomic mass is 10.1. The molecule has 2 rings (SSSR count). The molecule has 0 radical (unpaired) electrons. The second-order valence-electron chi connectivity index (χ2n) is 6.43. The number of amides is 1. The zero-order valence-electron chi connectivity index (χ0n) is 14.6. The first-order valence-electron chi connectivity index (χ1n) is 8.49. The highest BCUT2D eigenvalue weighted by molar-refractivity contribution is 7.89. The Morgan fingerprint density at radius 1 is 1.20 bits per heavy atom. The highest BCUT2D eigenvalue weighted by atomic mass is 35.5. The quantitative estimate of drug-likeness (QED) is 0.739. The first-order valence-corrected chi connectivity index (χ1v) is 9.93. The van der Waals surface area contributed by atoms with Gasteiger partial charge in [0.05, 0.1) is 11.3 Å². The third-order valence-corrected chi connectivity index (χ3v) is 6.20. The monoisotopic (exact) mass is 389 g/mol. The van der Waals surface area contributed by atoms with Gasteiger partial charge in [-0.3, -0.25) is 4.79 Å². The molecule has 25 heavy (non-hydrogen) atoms. The highest BCUT2D eigenvalue weighted by Crippen LogP contribution is 2.20. The molecule has 1 atom stereocenters. The number of carbonyl (C=O) groups is 1. The molecule has 0 aliphatic carbocycles. The Morgan fingerprint density at radius 2 is 1.80 bits per heavy atom. The van der Waals surface area contributed by atoms with Gasteiger partial charge in [0.15, 0.2) is 0 Å². The summed E-state index contributed by atoms with van der Waals surface area (Å²) >= 11 is 0. The normalized spacial score (nSPS) is 16.7. The van der Waals surface area contributed by atoms with Gasteiger partial charge >= 0.3 is 0 Å². The summed E-state index contributed by atoms with van der Waals surface area (Å²) in [5.74, 6) is 0.160. The maximum atomic E-state index is 12.6. The number of nitrogens with zero attached hydrogens (tertiary/aromatic N) is 1. The van der Waals surface area contributed by atoms with Gasteiger partial charge in [0.1, 0.15) is 0 Å². The van der Waals surface area contributed by atoms with Gasteiger partial charge < -0.3 is 11.1 Å². The minimum Gasteiger partial charge on any atom is -0.356 e. The Hall–Kier alpha value is -1.15. The van der Waals surface area contributed by atoms with Crippen LogP contribution in [0.5, 0.6) is 0 Å². The molecule has 1 aromatic carbocycles. The van der Waals surface area contributed by atoms with Crippen molar-refractivity contribution in [3.63, 3.8) is 0 Å². The Labute approximate surface area is 156 Å². The number of hydrogen-bond acceptors (Lipinski definition) is 4. The lowest BCUT2D eigenvalue weighted by molar-refractivity contribution is -0.120.